The maximum Gasteiger partial charge on any atom is 0.264 e. The van der Waals surface area contributed by atoms with Crippen LogP contribution >= 0.6 is 0 Å². The molecule has 1 heterocycles. The van der Waals surface area contributed by atoms with E-state index in [1.54, 1.807) is 54.3 Å². The van der Waals surface area contributed by atoms with E-state index in [1.807, 2.05) is 30.3 Å². The van der Waals surface area contributed by atoms with Crippen molar-refractivity contribution in [3.63, 3.8) is 0 Å². The standard InChI is InChI=1S/C24H24N2O3S/c1-2-26(21-13-4-3-5-14-21)30(28,29)22-15-8-11-20(18-22)24(27)25-17-9-12-19-10-6-7-16-23(19)25/h3-8,10-11,13-16,18H,2,9,12,17H2,1H3. The fourth-order valence-electron chi connectivity index (χ4n) is 3.90. The van der Waals surface area contributed by atoms with Gasteiger partial charge in [0.2, 0.25) is 0 Å². The normalized spacial score (nSPS) is 13.6. The van der Waals surface area contributed by atoms with Crippen LogP contribution in [0.15, 0.2) is 83.8 Å². The Morgan fingerprint density at radius 2 is 1.70 bits per heavy atom. The number of fused-ring (bicyclic) bond motifs is 1. The van der Waals surface area contributed by atoms with Crippen molar-refractivity contribution in [2.75, 3.05) is 22.3 Å². The van der Waals surface area contributed by atoms with Gasteiger partial charge in [-0.2, -0.15) is 0 Å². The number of nitrogens with zero attached hydrogens (tertiary/aromatic N) is 2. The highest BCUT2D eigenvalue weighted by molar-refractivity contribution is 7.92. The molecule has 0 N–H and O–H groups in total. The van der Waals surface area contributed by atoms with Crippen LogP contribution in [-0.2, 0) is 16.4 Å². The number of carbonyl (C=O) groups excluding carboxylic acids is 1. The number of para-hydroxylation sites is 2. The van der Waals surface area contributed by atoms with Crippen molar-refractivity contribution < 1.29 is 13.2 Å². The molecule has 0 unspecified atom stereocenters. The first kappa shape index (κ1) is 20.2. The summed E-state index contributed by atoms with van der Waals surface area (Å²) in [6.07, 6.45) is 1.83. The Hall–Kier alpha value is -3.12. The van der Waals surface area contributed by atoms with Gasteiger partial charge in [-0.25, -0.2) is 8.42 Å². The topological polar surface area (TPSA) is 57.7 Å². The number of carbonyl (C=O) groups is 1. The Bertz CT molecular complexity index is 1160. The van der Waals surface area contributed by atoms with Gasteiger partial charge in [-0.05, 0) is 61.7 Å². The Morgan fingerprint density at radius 3 is 2.47 bits per heavy atom. The molecule has 0 saturated carbocycles. The molecule has 0 fully saturated rings. The van der Waals surface area contributed by atoms with Crippen molar-refractivity contribution in [2.45, 2.75) is 24.7 Å². The van der Waals surface area contributed by atoms with Crippen molar-refractivity contribution in [1.29, 1.82) is 0 Å². The predicted molar refractivity (Wildman–Crippen MR) is 120 cm³/mol. The van der Waals surface area contributed by atoms with E-state index in [-0.39, 0.29) is 10.8 Å². The second-order valence-electron chi connectivity index (χ2n) is 7.22. The molecule has 1 aliphatic rings. The van der Waals surface area contributed by atoms with Crippen LogP contribution in [0.4, 0.5) is 11.4 Å². The molecular weight excluding hydrogens is 396 g/mol. The molecule has 6 heteroatoms. The molecule has 0 aliphatic carbocycles. The highest BCUT2D eigenvalue weighted by atomic mass is 32.2. The molecule has 154 valence electrons. The van der Waals surface area contributed by atoms with Crippen LogP contribution in [0.5, 0.6) is 0 Å². The Morgan fingerprint density at radius 1 is 0.967 bits per heavy atom. The molecular formula is C24H24N2O3S. The van der Waals surface area contributed by atoms with Crippen LogP contribution in [0.3, 0.4) is 0 Å². The van der Waals surface area contributed by atoms with E-state index in [2.05, 4.69) is 0 Å². The third-order valence-corrected chi connectivity index (χ3v) is 7.25. The number of hydrogen-bond acceptors (Lipinski definition) is 3. The van der Waals surface area contributed by atoms with Gasteiger partial charge in [-0.1, -0.05) is 42.5 Å². The first-order chi connectivity index (χ1) is 14.5. The lowest BCUT2D eigenvalue weighted by atomic mass is 10.0. The largest absolute Gasteiger partial charge is 0.308 e. The summed E-state index contributed by atoms with van der Waals surface area (Å²) in [5.74, 6) is -0.179. The highest BCUT2D eigenvalue weighted by Crippen LogP contribution is 2.29. The van der Waals surface area contributed by atoms with Gasteiger partial charge in [0.25, 0.3) is 15.9 Å². The summed E-state index contributed by atoms with van der Waals surface area (Å²) in [5, 5.41) is 0. The Kier molecular flexibility index (Phi) is 5.59. The minimum Gasteiger partial charge on any atom is -0.308 e. The van der Waals surface area contributed by atoms with E-state index < -0.39 is 10.0 Å². The van der Waals surface area contributed by atoms with Gasteiger partial charge >= 0.3 is 0 Å². The third kappa shape index (κ3) is 3.71. The van der Waals surface area contributed by atoms with E-state index in [4.69, 9.17) is 0 Å². The molecule has 0 atom stereocenters. The number of hydrogen-bond donors (Lipinski definition) is 0. The first-order valence-corrected chi connectivity index (χ1v) is 11.5. The Balaban J connectivity index is 1.69. The van der Waals surface area contributed by atoms with Crippen LogP contribution in [0.1, 0.15) is 29.3 Å². The number of amides is 1. The van der Waals surface area contributed by atoms with Crippen molar-refractivity contribution in [2.24, 2.45) is 0 Å². The van der Waals surface area contributed by atoms with Gasteiger partial charge in [0.05, 0.1) is 10.6 Å². The maximum absolute atomic E-state index is 13.3. The fraction of sp³-hybridized carbons (Fsp3) is 0.208. The van der Waals surface area contributed by atoms with Crippen molar-refractivity contribution in [3.8, 4) is 0 Å². The number of anilines is 2. The zero-order valence-electron chi connectivity index (χ0n) is 16.9. The molecule has 0 saturated heterocycles. The maximum atomic E-state index is 13.3. The average molecular weight is 421 g/mol. The second-order valence-corrected chi connectivity index (χ2v) is 9.08. The lowest BCUT2D eigenvalue weighted by molar-refractivity contribution is 0.0985. The summed E-state index contributed by atoms with van der Waals surface area (Å²) in [7, 11) is -3.79. The summed E-state index contributed by atoms with van der Waals surface area (Å²) in [6, 6.07) is 23.2. The van der Waals surface area contributed by atoms with Gasteiger partial charge in [0.1, 0.15) is 0 Å². The van der Waals surface area contributed by atoms with Crippen molar-refractivity contribution >= 4 is 27.3 Å². The smallest absolute Gasteiger partial charge is 0.264 e. The summed E-state index contributed by atoms with van der Waals surface area (Å²) < 4.78 is 28.0. The molecule has 3 aromatic rings. The monoisotopic (exact) mass is 420 g/mol. The van der Waals surface area contributed by atoms with Gasteiger partial charge in [-0.3, -0.25) is 9.10 Å². The summed E-state index contributed by atoms with van der Waals surface area (Å²) in [5.41, 5.74) is 3.02. The number of rotatable bonds is 5. The van der Waals surface area contributed by atoms with Gasteiger partial charge in [0, 0.05) is 24.3 Å². The van der Waals surface area contributed by atoms with Crippen LogP contribution in [0.2, 0.25) is 0 Å². The summed E-state index contributed by atoms with van der Waals surface area (Å²) in [6.45, 7) is 2.71. The van der Waals surface area contributed by atoms with Gasteiger partial charge in [0.15, 0.2) is 0 Å². The quantitative estimate of drug-likeness (QED) is 0.611. The molecule has 5 nitrogen and oxygen atoms in total. The molecule has 30 heavy (non-hydrogen) atoms. The lowest BCUT2D eigenvalue weighted by Crippen LogP contribution is -2.35. The number of sulfonamides is 1. The Labute approximate surface area is 177 Å². The van der Waals surface area contributed by atoms with E-state index >= 15 is 0 Å². The first-order valence-electron chi connectivity index (χ1n) is 10.1. The molecule has 0 aromatic heterocycles. The predicted octanol–water partition coefficient (Wildman–Crippen LogP) is 4.49. The highest BCUT2D eigenvalue weighted by Gasteiger charge is 2.27. The van der Waals surface area contributed by atoms with Crippen LogP contribution in [0.25, 0.3) is 0 Å². The molecule has 4 rings (SSSR count). The zero-order chi connectivity index (χ0) is 21.1. The molecule has 0 radical (unpaired) electrons. The van der Waals surface area contributed by atoms with Gasteiger partial charge < -0.3 is 4.90 Å². The minimum atomic E-state index is -3.79. The van der Waals surface area contributed by atoms with Gasteiger partial charge in [-0.15, -0.1) is 0 Å². The third-order valence-electron chi connectivity index (χ3n) is 5.36. The van der Waals surface area contributed by atoms with E-state index in [0.29, 0.717) is 24.3 Å². The second kappa shape index (κ2) is 8.32. The van der Waals surface area contributed by atoms with Crippen LogP contribution in [0, 0.1) is 0 Å². The molecule has 0 spiro atoms. The molecule has 1 amide bonds. The van der Waals surface area contributed by atoms with E-state index in [0.717, 1.165) is 24.1 Å². The fourth-order valence-corrected chi connectivity index (χ4v) is 5.42. The lowest BCUT2D eigenvalue weighted by Gasteiger charge is -2.29. The molecule has 0 bridgehead atoms. The minimum absolute atomic E-state index is 0.115. The van der Waals surface area contributed by atoms with E-state index in [9.17, 15) is 13.2 Å². The SMILES string of the molecule is CCN(c1ccccc1)S(=O)(=O)c1cccc(C(=O)N2CCCc3ccccc32)c1. The van der Waals surface area contributed by atoms with E-state index in [1.165, 1.54) is 10.4 Å². The number of benzene rings is 3. The molecule has 3 aromatic carbocycles. The van der Waals surface area contributed by atoms with Crippen molar-refractivity contribution in [3.05, 3.63) is 90.0 Å². The van der Waals surface area contributed by atoms with Crippen LogP contribution < -0.4 is 9.21 Å². The summed E-state index contributed by atoms with van der Waals surface area (Å²) >= 11 is 0. The molecule has 1 aliphatic heterocycles. The summed E-state index contributed by atoms with van der Waals surface area (Å²) in [4.78, 5) is 15.1. The zero-order valence-corrected chi connectivity index (χ0v) is 17.7. The number of aryl methyl sites for hydroxylation is 1. The average Bonchev–Trinajstić information content (AvgIpc) is 2.79. The van der Waals surface area contributed by atoms with Crippen molar-refractivity contribution in [1.82, 2.24) is 0 Å². The van der Waals surface area contributed by atoms with Crippen LogP contribution in [-0.4, -0.2) is 27.4 Å².